The Balaban J connectivity index is 4.48. The molecule has 4 N–H and O–H groups in total. The quantitative estimate of drug-likeness (QED) is 0.121. The monoisotopic (exact) mass is 460 g/mol. The molecule has 0 aromatic rings. The number of amides is 1. The number of carbonyl (C=O) groups is 1. The van der Waals surface area contributed by atoms with E-state index < -0.39 is 27.2 Å². The van der Waals surface area contributed by atoms with Crippen LogP contribution in [0.2, 0.25) is 0 Å². The highest BCUT2D eigenvalue weighted by molar-refractivity contribution is 7.90. The van der Waals surface area contributed by atoms with Crippen molar-refractivity contribution in [3.8, 4) is 0 Å². The van der Waals surface area contributed by atoms with E-state index in [1.807, 2.05) is 0 Å². The Morgan fingerprint density at radius 1 is 1.19 bits per heavy atom. The van der Waals surface area contributed by atoms with E-state index in [1.54, 1.807) is 45.9 Å². The maximum atomic E-state index is 12.2. The van der Waals surface area contributed by atoms with Gasteiger partial charge in [-0.3, -0.25) is 4.79 Å². The molecular weight excluding hydrogens is 420 g/mol. The summed E-state index contributed by atoms with van der Waals surface area (Å²) in [6.07, 6.45) is 5.47. The predicted octanol–water partition coefficient (Wildman–Crippen LogP) is 2.50. The minimum Gasteiger partial charge on any atom is -0.469 e. The summed E-state index contributed by atoms with van der Waals surface area (Å²) >= 11 is 0. The minimum absolute atomic E-state index is 0.0853. The van der Waals surface area contributed by atoms with Crippen molar-refractivity contribution in [2.75, 3.05) is 6.54 Å². The second kappa shape index (κ2) is 14.4. The molecule has 0 aliphatic heterocycles. The number of hydrogen-bond acceptors (Lipinski definition) is 6. The van der Waals surface area contributed by atoms with Gasteiger partial charge in [-0.05, 0) is 53.0 Å². The van der Waals surface area contributed by atoms with Crippen molar-refractivity contribution in [1.29, 1.82) is 0 Å². The van der Waals surface area contributed by atoms with Crippen molar-refractivity contribution in [3.05, 3.63) is 37.1 Å². The number of ether oxygens (including phenoxy) is 1. The number of rotatable bonds is 16. The molecule has 0 fully saturated rings. The van der Waals surface area contributed by atoms with Crippen LogP contribution in [0.25, 0.3) is 0 Å². The molecule has 3 unspecified atom stereocenters. The average Bonchev–Trinajstić information content (AvgIpc) is 2.63. The summed E-state index contributed by atoms with van der Waals surface area (Å²) < 4.78 is 31.1. The molecule has 0 aliphatic carbocycles. The molecule has 31 heavy (non-hydrogen) atoms. The van der Waals surface area contributed by atoms with E-state index in [0.29, 0.717) is 31.4 Å². The second-order valence-electron chi connectivity index (χ2n) is 8.43. The van der Waals surface area contributed by atoms with E-state index in [9.17, 15) is 23.4 Å². The number of unbranched alkanes of at least 4 members (excludes halogenated alkanes) is 1. The van der Waals surface area contributed by atoms with Crippen LogP contribution in [0.1, 0.15) is 66.2 Å². The Morgan fingerprint density at radius 2 is 1.84 bits per heavy atom. The van der Waals surface area contributed by atoms with Crippen LogP contribution in [0, 0.1) is 0 Å². The average molecular weight is 461 g/mol. The molecule has 0 bridgehead atoms. The van der Waals surface area contributed by atoms with Gasteiger partial charge in [-0.2, -0.15) is 0 Å². The van der Waals surface area contributed by atoms with Crippen molar-refractivity contribution in [2.45, 2.75) is 89.4 Å². The van der Waals surface area contributed by atoms with Gasteiger partial charge < -0.3 is 20.3 Å². The van der Waals surface area contributed by atoms with E-state index in [1.165, 1.54) is 0 Å². The third-order valence-electron chi connectivity index (χ3n) is 4.33. The van der Waals surface area contributed by atoms with Crippen molar-refractivity contribution >= 4 is 15.9 Å². The molecule has 180 valence electrons. The zero-order valence-electron chi connectivity index (χ0n) is 19.3. The van der Waals surface area contributed by atoms with Crippen LogP contribution in [0.4, 0.5) is 0 Å². The third kappa shape index (κ3) is 13.4. The fourth-order valence-electron chi connectivity index (χ4n) is 2.42. The molecule has 3 atom stereocenters. The van der Waals surface area contributed by atoms with Crippen LogP contribution in [0.15, 0.2) is 37.1 Å². The topological polar surface area (TPSA) is 125 Å². The summed E-state index contributed by atoms with van der Waals surface area (Å²) in [6, 6.07) is -0.316. The largest absolute Gasteiger partial charge is 0.469 e. The molecule has 0 heterocycles. The van der Waals surface area contributed by atoms with Crippen molar-refractivity contribution in [1.82, 2.24) is 10.0 Å². The first-order valence-corrected chi connectivity index (χ1v) is 12.0. The van der Waals surface area contributed by atoms with E-state index >= 15 is 0 Å². The maximum Gasteiger partial charge on any atom is 0.220 e. The van der Waals surface area contributed by atoms with E-state index in [4.69, 9.17) is 4.74 Å². The van der Waals surface area contributed by atoms with Gasteiger partial charge in [0.15, 0.2) is 6.29 Å². The molecule has 0 radical (unpaired) electrons. The lowest BCUT2D eigenvalue weighted by Gasteiger charge is -2.19. The highest BCUT2D eigenvalue weighted by Gasteiger charge is 2.28. The predicted molar refractivity (Wildman–Crippen MR) is 124 cm³/mol. The van der Waals surface area contributed by atoms with Gasteiger partial charge in [0, 0.05) is 25.8 Å². The Kier molecular flexibility index (Phi) is 13.6. The van der Waals surface area contributed by atoms with Crippen molar-refractivity contribution in [3.63, 3.8) is 0 Å². The number of sulfonamides is 1. The molecule has 0 saturated heterocycles. The summed E-state index contributed by atoms with van der Waals surface area (Å²) in [5.41, 5.74) is 0. The number of hydrogen-bond donors (Lipinski definition) is 4. The van der Waals surface area contributed by atoms with Gasteiger partial charge in [-0.15, -0.1) is 13.2 Å². The van der Waals surface area contributed by atoms with Crippen LogP contribution in [0.5, 0.6) is 0 Å². The van der Waals surface area contributed by atoms with Gasteiger partial charge in [-0.25, -0.2) is 13.1 Å². The summed E-state index contributed by atoms with van der Waals surface area (Å²) in [7, 11) is -3.38. The lowest BCUT2D eigenvalue weighted by Crippen LogP contribution is -2.39. The smallest absolute Gasteiger partial charge is 0.220 e. The number of aliphatic hydroxyl groups excluding tert-OH is 2. The molecular formula is C22H40N2O6S. The van der Waals surface area contributed by atoms with Crippen molar-refractivity contribution < 1.29 is 28.2 Å². The Hall–Kier alpha value is -1.68. The maximum absolute atomic E-state index is 12.2. The first-order valence-electron chi connectivity index (χ1n) is 10.6. The molecule has 8 nitrogen and oxygen atoms in total. The van der Waals surface area contributed by atoms with Gasteiger partial charge >= 0.3 is 0 Å². The zero-order valence-corrected chi connectivity index (χ0v) is 20.1. The molecule has 0 spiro atoms. The van der Waals surface area contributed by atoms with Crippen LogP contribution in [-0.2, 0) is 19.6 Å². The second-order valence-corrected chi connectivity index (χ2v) is 11.0. The Labute approximate surface area is 187 Å². The first kappa shape index (κ1) is 29.3. The van der Waals surface area contributed by atoms with Crippen LogP contribution in [0.3, 0.4) is 0 Å². The first-order chi connectivity index (χ1) is 14.3. The normalized spacial score (nSPS) is 15.6. The lowest BCUT2D eigenvalue weighted by molar-refractivity contribution is -0.121. The number of aliphatic hydroxyl groups is 2. The van der Waals surface area contributed by atoms with Gasteiger partial charge in [-0.1, -0.05) is 12.2 Å². The molecule has 0 aromatic heterocycles. The summed E-state index contributed by atoms with van der Waals surface area (Å²) in [5.74, 6) is 0.340. The molecule has 0 aliphatic rings. The van der Waals surface area contributed by atoms with E-state index in [0.717, 1.165) is 0 Å². The minimum atomic E-state index is -3.38. The standard InChI is InChI=1S/C22H40N2O6S/c1-7-11-19(30-21(27)16-17(3)25)14-13-18(8-2)24-20(26)12-9-10-15-23-31(28,29)22(4,5)6/h7-8,14,17-18,21,23,25,27H,1-2,9-13,15-16H2,3-6H3,(H,24,26)/b19-14+. The SMILES string of the molecule is C=CC/C(=C\CC(C=C)NC(=O)CCCCNS(=O)(=O)C(C)(C)C)OC(O)CC(C)O. The highest BCUT2D eigenvalue weighted by atomic mass is 32.2. The van der Waals surface area contributed by atoms with Crippen LogP contribution < -0.4 is 10.0 Å². The molecule has 9 heteroatoms. The van der Waals surface area contributed by atoms with Gasteiger partial charge in [0.2, 0.25) is 15.9 Å². The number of nitrogens with one attached hydrogen (secondary N) is 2. The van der Waals surface area contributed by atoms with Crippen LogP contribution >= 0.6 is 0 Å². The molecule has 1 amide bonds. The fourth-order valence-corrected chi connectivity index (χ4v) is 3.27. The van der Waals surface area contributed by atoms with E-state index in [2.05, 4.69) is 23.2 Å². The Bertz CT molecular complexity index is 695. The number of carbonyl (C=O) groups excluding carboxylic acids is 1. The third-order valence-corrected chi connectivity index (χ3v) is 6.53. The molecule has 0 saturated carbocycles. The summed E-state index contributed by atoms with van der Waals surface area (Å²) in [6.45, 7) is 14.1. The number of allylic oxidation sites excluding steroid dienone is 1. The van der Waals surface area contributed by atoms with Crippen molar-refractivity contribution in [2.24, 2.45) is 0 Å². The Morgan fingerprint density at radius 3 is 2.35 bits per heavy atom. The molecule has 0 rings (SSSR count). The fraction of sp³-hybridized carbons (Fsp3) is 0.682. The van der Waals surface area contributed by atoms with Crippen LogP contribution in [-0.4, -0.2) is 54.3 Å². The van der Waals surface area contributed by atoms with Gasteiger partial charge in [0.05, 0.1) is 22.7 Å². The van der Waals surface area contributed by atoms with Gasteiger partial charge in [0.25, 0.3) is 0 Å². The van der Waals surface area contributed by atoms with E-state index in [-0.39, 0.29) is 31.3 Å². The summed E-state index contributed by atoms with van der Waals surface area (Å²) in [5, 5.41) is 22.0. The van der Waals surface area contributed by atoms with Gasteiger partial charge in [0.1, 0.15) is 0 Å². The summed E-state index contributed by atoms with van der Waals surface area (Å²) in [4.78, 5) is 12.2. The molecule has 0 aromatic carbocycles. The highest BCUT2D eigenvalue weighted by Crippen LogP contribution is 2.14. The lowest BCUT2D eigenvalue weighted by atomic mass is 10.1. The zero-order chi connectivity index (χ0) is 24.1.